The van der Waals surface area contributed by atoms with Crippen molar-refractivity contribution in [1.29, 1.82) is 0 Å². The minimum absolute atomic E-state index is 0.234. The first-order valence-electron chi connectivity index (χ1n) is 11.1. The number of amides is 2. The van der Waals surface area contributed by atoms with Gasteiger partial charge in [0.1, 0.15) is 5.92 Å². The molecule has 2 aliphatic heterocycles. The number of nitrogens with one attached hydrogen (secondary N) is 1. The van der Waals surface area contributed by atoms with Gasteiger partial charge in [0, 0.05) is 22.2 Å². The number of hydrogen-bond donors (Lipinski definition) is 1. The van der Waals surface area contributed by atoms with Gasteiger partial charge in [-0.3, -0.25) is 14.4 Å². The van der Waals surface area contributed by atoms with E-state index < -0.39 is 18.1 Å². The molecule has 1 N–H and O–H groups in total. The molecule has 1 aromatic heterocycles. The highest BCUT2D eigenvalue weighted by atomic mass is 16.7. The lowest BCUT2D eigenvalue weighted by molar-refractivity contribution is -0.126. The molecule has 3 atom stereocenters. The number of para-hydroxylation sites is 2. The lowest BCUT2D eigenvalue weighted by Crippen LogP contribution is -2.37. The Morgan fingerprint density at radius 2 is 1.48 bits per heavy atom. The number of aromatic amines is 1. The highest BCUT2D eigenvalue weighted by Gasteiger charge is 2.60. The summed E-state index contributed by atoms with van der Waals surface area (Å²) >= 11 is 0. The number of benzene rings is 3. The van der Waals surface area contributed by atoms with Crippen LogP contribution >= 0.6 is 0 Å². The van der Waals surface area contributed by atoms with Crippen LogP contribution in [0.5, 0.6) is 0 Å². The Bertz CT molecular complexity index is 1380. The van der Waals surface area contributed by atoms with Crippen molar-refractivity contribution in [2.75, 3.05) is 9.96 Å². The molecule has 3 heterocycles. The Morgan fingerprint density at radius 1 is 0.788 bits per heavy atom. The maximum Gasteiger partial charge on any atom is 0.266 e. The number of fused-ring (bicyclic) bond motifs is 2. The molecule has 0 bridgehead atoms. The molecule has 4 aromatic rings. The summed E-state index contributed by atoms with van der Waals surface area (Å²) in [6.07, 6.45) is -0.878. The van der Waals surface area contributed by atoms with E-state index in [-0.39, 0.29) is 11.8 Å². The van der Waals surface area contributed by atoms with Gasteiger partial charge in [-0.25, -0.2) is 9.96 Å². The van der Waals surface area contributed by atoms with Gasteiger partial charge in [-0.1, -0.05) is 54.1 Å². The molecule has 2 saturated heterocycles. The van der Waals surface area contributed by atoms with Gasteiger partial charge in [-0.2, -0.15) is 0 Å². The zero-order chi connectivity index (χ0) is 22.7. The molecule has 0 saturated carbocycles. The van der Waals surface area contributed by atoms with E-state index in [0.717, 1.165) is 33.4 Å². The van der Waals surface area contributed by atoms with Crippen LogP contribution in [0.3, 0.4) is 0 Å². The number of aryl methyl sites for hydroxylation is 2. The maximum absolute atomic E-state index is 13.8. The summed E-state index contributed by atoms with van der Waals surface area (Å²) in [6.45, 7) is 3.98. The molecule has 6 nitrogen and oxygen atoms in total. The lowest BCUT2D eigenvalue weighted by Gasteiger charge is -2.29. The van der Waals surface area contributed by atoms with Gasteiger partial charge in [0.15, 0.2) is 6.10 Å². The number of rotatable bonds is 3. The van der Waals surface area contributed by atoms with E-state index >= 15 is 0 Å². The second kappa shape index (κ2) is 7.32. The van der Waals surface area contributed by atoms with Crippen molar-refractivity contribution in [3.8, 4) is 0 Å². The number of imide groups is 1. The number of nitrogens with zero attached hydrogens (tertiary/aromatic N) is 2. The van der Waals surface area contributed by atoms with Gasteiger partial charge in [-0.15, -0.1) is 0 Å². The Labute approximate surface area is 191 Å². The lowest BCUT2D eigenvalue weighted by atomic mass is 9.89. The Balaban J connectivity index is 1.51. The summed E-state index contributed by atoms with van der Waals surface area (Å²) < 4.78 is 0. The SMILES string of the molecule is Cc1ccc(N2C(=O)[C@H]3[C@@H](c4c(C)[nH]c5ccccc45)N(c4ccccc4)O[C@H]3C2=O)cc1. The standard InChI is InChI=1S/C27H23N3O3/c1-16-12-14-18(15-13-16)29-26(31)23-24(22-17(2)28-21-11-7-6-10-20(21)22)30(33-25(23)27(29)32)19-8-4-3-5-9-19/h3-15,23-25,28H,1-2H3/t23-,24+,25+/m0/s1. The summed E-state index contributed by atoms with van der Waals surface area (Å²) in [5.41, 5.74) is 5.39. The van der Waals surface area contributed by atoms with Gasteiger partial charge >= 0.3 is 0 Å². The normalized spacial score (nSPS) is 22.4. The van der Waals surface area contributed by atoms with Gasteiger partial charge in [-0.05, 0) is 44.2 Å². The fraction of sp³-hybridized carbons (Fsp3) is 0.185. The second-order valence-electron chi connectivity index (χ2n) is 8.71. The van der Waals surface area contributed by atoms with Gasteiger partial charge in [0.2, 0.25) is 5.91 Å². The van der Waals surface area contributed by atoms with Crippen molar-refractivity contribution in [1.82, 2.24) is 4.98 Å². The number of aromatic nitrogens is 1. The summed E-state index contributed by atoms with van der Waals surface area (Å²) in [4.78, 5) is 38.3. The average molecular weight is 437 g/mol. The smallest absolute Gasteiger partial charge is 0.266 e. The average Bonchev–Trinajstić information content (AvgIpc) is 3.44. The number of carbonyl (C=O) groups is 2. The number of hydrogen-bond acceptors (Lipinski definition) is 4. The molecule has 0 spiro atoms. The highest BCUT2D eigenvalue weighted by molar-refractivity contribution is 6.24. The predicted octanol–water partition coefficient (Wildman–Crippen LogP) is 4.84. The molecule has 0 radical (unpaired) electrons. The van der Waals surface area contributed by atoms with Crippen molar-refractivity contribution in [3.05, 3.63) is 95.7 Å². The van der Waals surface area contributed by atoms with Gasteiger partial charge < -0.3 is 4.98 Å². The number of hydroxylamine groups is 1. The van der Waals surface area contributed by atoms with E-state index in [9.17, 15) is 9.59 Å². The first-order chi connectivity index (χ1) is 16.0. The summed E-state index contributed by atoms with van der Waals surface area (Å²) in [5.74, 6) is -1.21. The Hall–Kier alpha value is -3.90. The van der Waals surface area contributed by atoms with Crippen molar-refractivity contribution >= 4 is 34.1 Å². The van der Waals surface area contributed by atoms with Crippen molar-refractivity contribution in [3.63, 3.8) is 0 Å². The minimum atomic E-state index is -0.878. The van der Waals surface area contributed by atoms with Crippen LogP contribution in [0.1, 0.15) is 22.9 Å². The number of anilines is 2. The van der Waals surface area contributed by atoms with E-state index in [4.69, 9.17) is 4.84 Å². The van der Waals surface area contributed by atoms with Crippen LogP contribution < -0.4 is 9.96 Å². The first kappa shape index (κ1) is 19.8. The topological polar surface area (TPSA) is 65.6 Å². The van der Waals surface area contributed by atoms with Crippen LogP contribution in [0.4, 0.5) is 11.4 Å². The van der Waals surface area contributed by atoms with Crippen LogP contribution in [-0.4, -0.2) is 22.9 Å². The molecule has 6 rings (SSSR count). The summed E-state index contributed by atoms with van der Waals surface area (Å²) in [5, 5.41) is 2.78. The van der Waals surface area contributed by atoms with Crippen molar-refractivity contribution in [2.45, 2.75) is 26.0 Å². The molecule has 6 heteroatoms. The third-order valence-corrected chi connectivity index (χ3v) is 6.66. The first-order valence-corrected chi connectivity index (χ1v) is 11.1. The quantitative estimate of drug-likeness (QED) is 0.466. The molecular weight excluding hydrogens is 414 g/mol. The molecule has 2 amide bonds. The molecular formula is C27H23N3O3. The van der Waals surface area contributed by atoms with Crippen LogP contribution in [0.25, 0.3) is 10.9 Å². The zero-order valence-corrected chi connectivity index (χ0v) is 18.4. The molecule has 0 aliphatic carbocycles. The van der Waals surface area contributed by atoms with E-state index in [1.807, 2.05) is 92.7 Å². The fourth-order valence-corrected chi connectivity index (χ4v) is 5.13. The van der Waals surface area contributed by atoms with Crippen LogP contribution in [-0.2, 0) is 14.4 Å². The third-order valence-electron chi connectivity index (χ3n) is 6.66. The van der Waals surface area contributed by atoms with Crippen molar-refractivity contribution in [2.24, 2.45) is 5.92 Å². The highest BCUT2D eigenvalue weighted by Crippen LogP contribution is 2.49. The number of H-pyrrole nitrogens is 1. The van der Waals surface area contributed by atoms with E-state index in [1.165, 1.54) is 4.90 Å². The molecule has 2 aliphatic rings. The van der Waals surface area contributed by atoms with Crippen LogP contribution in [0, 0.1) is 19.8 Å². The number of carbonyl (C=O) groups excluding carboxylic acids is 2. The Morgan fingerprint density at radius 3 is 2.24 bits per heavy atom. The van der Waals surface area contributed by atoms with E-state index in [1.54, 1.807) is 5.06 Å². The molecule has 2 fully saturated rings. The van der Waals surface area contributed by atoms with E-state index in [0.29, 0.717) is 5.69 Å². The largest absolute Gasteiger partial charge is 0.358 e. The molecule has 0 unspecified atom stereocenters. The maximum atomic E-state index is 13.8. The fourth-order valence-electron chi connectivity index (χ4n) is 5.13. The van der Waals surface area contributed by atoms with Crippen LogP contribution in [0.15, 0.2) is 78.9 Å². The summed E-state index contributed by atoms with van der Waals surface area (Å²) in [6, 6.07) is 24.7. The van der Waals surface area contributed by atoms with Crippen LogP contribution in [0.2, 0.25) is 0 Å². The molecule has 33 heavy (non-hydrogen) atoms. The second-order valence-corrected chi connectivity index (χ2v) is 8.71. The van der Waals surface area contributed by atoms with E-state index in [2.05, 4.69) is 4.98 Å². The third kappa shape index (κ3) is 2.91. The minimum Gasteiger partial charge on any atom is -0.358 e. The summed E-state index contributed by atoms with van der Waals surface area (Å²) in [7, 11) is 0. The predicted molar refractivity (Wildman–Crippen MR) is 127 cm³/mol. The van der Waals surface area contributed by atoms with Crippen molar-refractivity contribution < 1.29 is 14.4 Å². The molecule has 3 aromatic carbocycles. The Kier molecular flexibility index (Phi) is 4.38. The van der Waals surface area contributed by atoms with Gasteiger partial charge in [0.05, 0.1) is 17.4 Å². The molecule has 164 valence electrons. The zero-order valence-electron chi connectivity index (χ0n) is 18.4. The monoisotopic (exact) mass is 437 g/mol. The van der Waals surface area contributed by atoms with Gasteiger partial charge in [0.25, 0.3) is 5.91 Å².